The van der Waals surface area contributed by atoms with E-state index in [-0.39, 0.29) is 34.7 Å². The predicted molar refractivity (Wildman–Crippen MR) is 156 cm³/mol. The molecule has 6 nitrogen and oxygen atoms in total. The maximum absolute atomic E-state index is 13.0. The molecule has 1 aromatic carbocycles. The molecule has 1 aliphatic heterocycles. The molecule has 40 heavy (non-hydrogen) atoms. The molecule has 222 valence electrons. The Kier molecular flexibility index (Phi) is 6.37. The second-order valence-corrected chi connectivity index (χ2v) is 15.9. The Bertz CT molecular complexity index is 1190. The first-order chi connectivity index (χ1) is 18.6. The highest BCUT2D eigenvalue weighted by Gasteiger charge is 2.75. The van der Waals surface area contributed by atoms with E-state index in [4.69, 9.17) is 14.2 Å². The van der Waals surface area contributed by atoms with Gasteiger partial charge in [0.1, 0.15) is 11.7 Å². The number of hydrogen-bond acceptors (Lipinski definition) is 6. The van der Waals surface area contributed by atoms with Crippen molar-refractivity contribution < 1.29 is 24.1 Å². The van der Waals surface area contributed by atoms with Crippen molar-refractivity contribution in [3.63, 3.8) is 0 Å². The molecule has 6 aliphatic rings. The quantitative estimate of drug-likeness (QED) is 0.324. The summed E-state index contributed by atoms with van der Waals surface area (Å²) in [5, 5.41) is 12.3. The Hall–Kier alpha value is -1.63. The zero-order chi connectivity index (χ0) is 29.0. The molecule has 0 amide bonds. The predicted octanol–water partition coefficient (Wildman–Crippen LogP) is 6.12. The lowest BCUT2D eigenvalue weighted by molar-refractivity contribution is -0.281. The highest BCUT2D eigenvalue weighted by atomic mass is 16.6. The normalized spacial score (nSPS) is 35.8. The Morgan fingerprint density at radius 2 is 1.82 bits per heavy atom. The molecule has 6 heteroatoms. The van der Waals surface area contributed by atoms with Crippen molar-refractivity contribution in [2.45, 2.75) is 123 Å². The zero-order valence-electron chi connectivity index (χ0n) is 26.2. The number of esters is 1. The minimum absolute atomic E-state index is 0.0410. The van der Waals surface area contributed by atoms with Gasteiger partial charge in [-0.25, -0.2) is 0 Å². The summed E-state index contributed by atoms with van der Waals surface area (Å²) in [5.74, 6) is 1.87. The number of ether oxygens (including phenoxy) is 3. The van der Waals surface area contributed by atoms with Gasteiger partial charge < -0.3 is 19.3 Å². The lowest BCUT2D eigenvalue weighted by Crippen LogP contribution is -2.75. The first-order valence-corrected chi connectivity index (χ1v) is 15.7. The van der Waals surface area contributed by atoms with Crippen LogP contribution in [-0.4, -0.2) is 59.5 Å². The van der Waals surface area contributed by atoms with Crippen LogP contribution in [0.4, 0.5) is 0 Å². The minimum Gasteiger partial charge on any atom is -0.482 e. The largest absolute Gasteiger partial charge is 0.482 e. The molecular formula is C34H51NO5. The summed E-state index contributed by atoms with van der Waals surface area (Å²) in [6.07, 6.45) is 6.23. The highest BCUT2D eigenvalue weighted by Crippen LogP contribution is 2.73. The summed E-state index contributed by atoms with van der Waals surface area (Å²) in [5.41, 5.74) is -0.0212. The van der Waals surface area contributed by atoms with Gasteiger partial charge in [-0.2, -0.15) is 0 Å². The number of rotatable bonds is 7. The zero-order valence-corrected chi connectivity index (χ0v) is 26.2. The number of carbonyl (C=O) groups excluding carboxylic acids is 1. The summed E-state index contributed by atoms with van der Waals surface area (Å²) < 4.78 is 19.6. The number of hydrogen-bond donors (Lipinski definition) is 1. The molecule has 2 bridgehead atoms. The van der Waals surface area contributed by atoms with Crippen LogP contribution in [0.1, 0.15) is 105 Å². The van der Waals surface area contributed by atoms with E-state index in [1.54, 1.807) is 0 Å². The molecule has 4 fully saturated rings. The van der Waals surface area contributed by atoms with Gasteiger partial charge in [0.25, 0.3) is 0 Å². The average Bonchev–Trinajstić information content (AvgIpc) is 3.60. The fourth-order valence-electron chi connectivity index (χ4n) is 8.87. The third-order valence-electron chi connectivity index (χ3n) is 11.9. The van der Waals surface area contributed by atoms with Gasteiger partial charge >= 0.3 is 5.97 Å². The third kappa shape index (κ3) is 3.87. The van der Waals surface area contributed by atoms with Crippen molar-refractivity contribution in [1.29, 1.82) is 0 Å². The molecule has 7 rings (SSSR count). The molecular weight excluding hydrogens is 502 g/mol. The van der Waals surface area contributed by atoms with Gasteiger partial charge in [-0.15, -0.1) is 0 Å². The average molecular weight is 554 g/mol. The van der Waals surface area contributed by atoms with E-state index in [1.165, 1.54) is 24.0 Å². The number of likely N-dealkylation sites (N-methyl/N-ethyl adjacent to an activating group) is 1. The molecule has 1 heterocycles. The maximum atomic E-state index is 13.0. The summed E-state index contributed by atoms with van der Waals surface area (Å²) >= 11 is 0. The van der Waals surface area contributed by atoms with Gasteiger partial charge in [-0.3, -0.25) is 9.69 Å². The topological polar surface area (TPSA) is 68.2 Å². The van der Waals surface area contributed by atoms with Gasteiger partial charge in [0, 0.05) is 37.1 Å². The number of fused-ring (bicyclic) bond motifs is 2. The van der Waals surface area contributed by atoms with Crippen molar-refractivity contribution in [2.24, 2.45) is 28.1 Å². The van der Waals surface area contributed by atoms with E-state index in [1.807, 2.05) is 40.9 Å². The Balaban J connectivity index is 1.53. The monoisotopic (exact) mass is 553 g/mol. The Morgan fingerprint density at radius 1 is 1.12 bits per heavy atom. The molecule has 7 atom stereocenters. The molecule has 0 saturated heterocycles. The molecule has 1 spiro atoms. The van der Waals surface area contributed by atoms with Crippen molar-refractivity contribution in [3.8, 4) is 11.5 Å². The third-order valence-corrected chi connectivity index (χ3v) is 11.9. The van der Waals surface area contributed by atoms with Crippen LogP contribution in [-0.2, 0) is 16.0 Å². The van der Waals surface area contributed by atoms with Gasteiger partial charge in [0.05, 0.1) is 11.0 Å². The molecule has 5 aliphatic carbocycles. The number of carbonyl (C=O) groups is 1. The SMILES string of the molecule is CCN(CC1CC1)C1Cc2ccc(OC(=O)C(C)(C)C)c3c2C2[C@@H](O3)C3(OC)CCC21C[C@@H]3C(C)(O)C(C)(C)C. The van der Waals surface area contributed by atoms with E-state index in [9.17, 15) is 9.90 Å². The molecule has 1 aromatic rings. The lowest BCUT2D eigenvalue weighted by atomic mass is 9.40. The van der Waals surface area contributed by atoms with Gasteiger partial charge in [-0.1, -0.05) is 33.8 Å². The fraction of sp³-hybridized carbons (Fsp3) is 0.794. The number of nitrogens with zero attached hydrogens (tertiary/aromatic N) is 1. The van der Waals surface area contributed by atoms with E-state index in [0.717, 1.165) is 50.4 Å². The maximum Gasteiger partial charge on any atom is 0.316 e. The smallest absolute Gasteiger partial charge is 0.316 e. The van der Waals surface area contributed by atoms with E-state index in [2.05, 4.69) is 38.7 Å². The van der Waals surface area contributed by atoms with E-state index >= 15 is 0 Å². The van der Waals surface area contributed by atoms with E-state index in [0.29, 0.717) is 11.8 Å². The summed E-state index contributed by atoms with van der Waals surface area (Å²) in [6.45, 7) is 18.6. The second kappa shape index (κ2) is 8.94. The molecule has 5 unspecified atom stereocenters. The molecule has 0 aromatic heterocycles. The van der Waals surface area contributed by atoms with Crippen molar-refractivity contribution in [3.05, 3.63) is 23.3 Å². The van der Waals surface area contributed by atoms with Crippen LogP contribution in [0.3, 0.4) is 0 Å². The fourth-order valence-corrected chi connectivity index (χ4v) is 8.87. The van der Waals surface area contributed by atoms with Gasteiger partial charge in [-0.05, 0) is 101 Å². The molecule has 0 radical (unpaired) electrons. The van der Waals surface area contributed by atoms with Gasteiger partial charge in [0.2, 0.25) is 0 Å². The molecule has 4 saturated carbocycles. The van der Waals surface area contributed by atoms with Crippen LogP contribution in [0, 0.1) is 28.1 Å². The van der Waals surface area contributed by atoms with Crippen LogP contribution in [0.25, 0.3) is 0 Å². The van der Waals surface area contributed by atoms with Crippen molar-refractivity contribution in [1.82, 2.24) is 4.90 Å². The summed E-state index contributed by atoms with van der Waals surface area (Å²) in [7, 11) is 1.81. The van der Waals surface area contributed by atoms with Gasteiger partial charge in [0.15, 0.2) is 11.5 Å². The van der Waals surface area contributed by atoms with Crippen molar-refractivity contribution >= 4 is 5.97 Å². The first kappa shape index (κ1) is 28.5. The summed E-state index contributed by atoms with van der Waals surface area (Å²) in [4.78, 5) is 15.8. The van der Waals surface area contributed by atoms with Crippen LogP contribution in [0.2, 0.25) is 0 Å². The van der Waals surface area contributed by atoms with Crippen LogP contribution < -0.4 is 9.47 Å². The number of methoxy groups -OCH3 is 1. The number of aliphatic hydroxyl groups is 1. The molecule has 1 N–H and O–H groups in total. The standard InChI is InChI=1S/C34H51NO5/c1-10-35(19-20-11-12-20)24-17-21-13-14-22(39-29(36)30(2,3)4)27-25(21)26-28(40-27)34(38-9)16-15-33(24,26)18-23(34)32(8,37)31(5,6)7/h13-14,20,23-24,26,28,37H,10-12,15-19H2,1-9H3/t23-,24?,26?,28-,32?,33?,34?/m1/s1. The van der Waals surface area contributed by atoms with Crippen LogP contribution in [0.15, 0.2) is 12.1 Å². The summed E-state index contributed by atoms with van der Waals surface area (Å²) in [6, 6.07) is 4.51. The number of benzene rings is 1. The Morgan fingerprint density at radius 3 is 2.40 bits per heavy atom. The second-order valence-electron chi connectivity index (χ2n) is 15.9. The van der Waals surface area contributed by atoms with Crippen LogP contribution in [0.5, 0.6) is 11.5 Å². The Labute approximate surface area is 241 Å². The van der Waals surface area contributed by atoms with Crippen molar-refractivity contribution in [2.75, 3.05) is 20.2 Å². The first-order valence-electron chi connectivity index (χ1n) is 15.7. The minimum atomic E-state index is -0.959. The lowest BCUT2D eigenvalue weighted by Gasteiger charge is -2.69. The van der Waals surface area contributed by atoms with Crippen LogP contribution >= 0.6 is 0 Å². The highest BCUT2D eigenvalue weighted by molar-refractivity contribution is 5.79. The van der Waals surface area contributed by atoms with E-state index < -0.39 is 16.6 Å².